The molecule has 0 bridgehead atoms. The summed E-state index contributed by atoms with van der Waals surface area (Å²) in [5.74, 6) is 0.307. The van der Waals surface area contributed by atoms with E-state index in [9.17, 15) is 4.79 Å². The van der Waals surface area contributed by atoms with E-state index in [1.165, 1.54) is 32.1 Å². The highest BCUT2D eigenvalue weighted by Gasteiger charge is 2.16. The molecule has 0 spiro atoms. The van der Waals surface area contributed by atoms with E-state index in [4.69, 9.17) is 10.5 Å². The van der Waals surface area contributed by atoms with Gasteiger partial charge in [-0.15, -0.1) is 12.4 Å². The van der Waals surface area contributed by atoms with E-state index in [1.807, 2.05) is 0 Å². The molecule has 1 aliphatic rings. The minimum absolute atomic E-state index is 0. The molecular weight excluding hydrogens is 202 g/mol. The van der Waals surface area contributed by atoms with Gasteiger partial charge in [0.1, 0.15) is 6.04 Å². The Morgan fingerprint density at radius 3 is 2.50 bits per heavy atom. The number of carbonyl (C=O) groups excluding carboxylic acids is 1. The quantitative estimate of drug-likeness (QED) is 0.741. The third kappa shape index (κ3) is 4.82. The standard InChI is InChI=1S/C10H19NO2.ClH/c1-8(11)10(12)13-7-9-5-3-2-4-6-9;/h8-9H,2-7,11H2,1H3;1H/t8-;/m0./s1. The zero-order chi connectivity index (χ0) is 9.68. The summed E-state index contributed by atoms with van der Waals surface area (Å²) in [4.78, 5) is 11.0. The molecule has 1 saturated carbocycles. The normalized spacial score (nSPS) is 19.6. The summed E-state index contributed by atoms with van der Waals surface area (Å²) in [6.45, 7) is 2.23. The highest BCUT2D eigenvalue weighted by atomic mass is 35.5. The maximum Gasteiger partial charge on any atom is 0.322 e. The average molecular weight is 222 g/mol. The molecule has 0 radical (unpaired) electrons. The van der Waals surface area contributed by atoms with Gasteiger partial charge in [0, 0.05) is 0 Å². The fourth-order valence-electron chi connectivity index (χ4n) is 1.69. The van der Waals surface area contributed by atoms with Gasteiger partial charge in [-0.2, -0.15) is 0 Å². The van der Waals surface area contributed by atoms with Crippen LogP contribution in [0.15, 0.2) is 0 Å². The fourth-order valence-corrected chi connectivity index (χ4v) is 1.69. The Balaban J connectivity index is 0.00000169. The fraction of sp³-hybridized carbons (Fsp3) is 0.900. The second-order valence-electron chi connectivity index (χ2n) is 3.92. The van der Waals surface area contributed by atoms with Crippen LogP contribution in [-0.2, 0) is 9.53 Å². The van der Waals surface area contributed by atoms with Crippen LogP contribution in [0.4, 0.5) is 0 Å². The van der Waals surface area contributed by atoms with Crippen LogP contribution in [-0.4, -0.2) is 18.6 Å². The number of esters is 1. The molecule has 1 atom stereocenters. The molecule has 0 amide bonds. The van der Waals surface area contributed by atoms with Gasteiger partial charge in [-0.1, -0.05) is 19.3 Å². The highest BCUT2D eigenvalue weighted by Crippen LogP contribution is 2.23. The lowest BCUT2D eigenvalue weighted by Gasteiger charge is -2.21. The average Bonchev–Trinajstić information content (AvgIpc) is 2.15. The van der Waals surface area contributed by atoms with Crippen LogP contribution in [0.1, 0.15) is 39.0 Å². The summed E-state index contributed by atoms with van der Waals surface area (Å²) >= 11 is 0. The molecule has 4 heteroatoms. The number of nitrogens with two attached hydrogens (primary N) is 1. The van der Waals surface area contributed by atoms with E-state index in [0.29, 0.717) is 12.5 Å². The van der Waals surface area contributed by atoms with E-state index in [-0.39, 0.29) is 18.4 Å². The lowest BCUT2D eigenvalue weighted by atomic mass is 9.90. The predicted molar refractivity (Wildman–Crippen MR) is 58.4 cm³/mol. The molecule has 84 valence electrons. The molecule has 0 aromatic carbocycles. The van der Waals surface area contributed by atoms with Gasteiger partial charge >= 0.3 is 5.97 Å². The minimum Gasteiger partial charge on any atom is -0.464 e. The topological polar surface area (TPSA) is 52.3 Å². The van der Waals surface area contributed by atoms with E-state index >= 15 is 0 Å². The number of hydrogen-bond donors (Lipinski definition) is 1. The number of ether oxygens (including phenoxy) is 1. The summed E-state index contributed by atoms with van der Waals surface area (Å²) < 4.78 is 5.08. The predicted octanol–water partition coefficient (Wildman–Crippen LogP) is 1.88. The molecule has 0 aromatic rings. The Hall–Kier alpha value is -0.280. The monoisotopic (exact) mass is 221 g/mol. The van der Waals surface area contributed by atoms with Gasteiger partial charge in [0.25, 0.3) is 0 Å². The summed E-state index contributed by atoms with van der Waals surface area (Å²) in [6.07, 6.45) is 6.29. The van der Waals surface area contributed by atoms with Crippen LogP contribution in [0.25, 0.3) is 0 Å². The van der Waals surface area contributed by atoms with Crippen molar-refractivity contribution >= 4 is 18.4 Å². The number of hydrogen-bond acceptors (Lipinski definition) is 3. The third-order valence-electron chi connectivity index (χ3n) is 2.56. The Bertz CT molecular complexity index is 168. The van der Waals surface area contributed by atoms with Gasteiger partial charge < -0.3 is 10.5 Å². The maximum atomic E-state index is 11.0. The van der Waals surface area contributed by atoms with Crippen LogP contribution >= 0.6 is 12.4 Å². The molecule has 1 rings (SSSR count). The second kappa shape index (κ2) is 7.07. The van der Waals surface area contributed by atoms with Crippen LogP contribution < -0.4 is 5.73 Å². The molecular formula is C10H20ClNO2. The first-order chi connectivity index (χ1) is 6.20. The zero-order valence-corrected chi connectivity index (χ0v) is 9.52. The highest BCUT2D eigenvalue weighted by molar-refractivity contribution is 5.85. The summed E-state index contributed by atoms with van der Waals surface area (Å²) in [5.41, 5.74) is 5.38. The zero-order valence-electron chi connectivity index (χ0n) is 8.70. The Labute approximate surface area is 91.8 Å². The Morgan fingerprint density at radius 1 is 1.43 bits per heavy atom. The minimum atomic E-state index is -0.483. The van der Waals surface area contributed by atoms with Crippen molar-refractivity contribution < 1.29 is 9.53 Å². The van der Waals surface area contributed by atoms with Crippen molar-refractivity contribution in [2.24, 2.45) is 11.7 Å². The van der Waals surface area contributed by atoms with Crippen molar-refractivity contribution in [1.82, 2.24) is 0 Å². The van der Waals surface area contributed by atoms with Gasteiger partial charge in [0.05, 0.1) is 6.61 Å². The lowest BCUT2D eigenvalue weighted by molar-refractivity contribution is -0.146. The van der Waals surface area contributed by atoms with Crippen molar-refractivity contribution in [2.75, 3.05) is 6.61 Å². The molecule has 0 saturated heterocycles. The smallest absolute Gasteiger partial charge is 0.322 e. The first-order valence-corrected chi connectivity index (χ1v) is 5.12. The number of halogens is 1. The van der Waals surface area contributed by atoms with E-state index < -0.39 is 6.04 Å². The molecule has 14 heavy (non-hydrogen) atoms. The van der Waals surface area contributed by atoms with Crippen molar-refractivity contribution in [2.45, 2.75) is 45.1 Å². The largest absolute Gasteiger partial charge is 0.464 e. The molecule has 1 aliphatic carbocycles. The first-order valence-electron chi connectivity index (χ1n) is 5.12. The summed E-state index contributed by atoms with van der Waals surface area (Å²) in [5, 5.41) is 0. The molecule has 0 aliphatic heterocycles. The maximum absolute atomic E-state index is 11.0. The van der Waals surface area contributed by atoms with E-state index in [1.54, 1.807) is 6.92 Å². The van der Waals surface area contributed by atoms with Crippen molar-refractivity contribution in [3.05, 3.63) is 0 Å². The van der Waals surface area contributed by atoms with Gasteiger partial charge in [-0.25, -0.2) is 0 Å². The first kappa shape index (κ1) is 13.7. The van der Waals surface area contributed by atoms with Gasteiger partial charge in [-0.3, -0.25) is 4.79 Å². The van der Waals surface area contributed by atoms with Crippen LogP contribution in [0.2, 0.25) is 0 Å². The van der Waals surface area contributed by atoms with Gasteiger partial charge in [-0.05, 0) is 25.7 Å². The van der Waals surface area contributed by atoms with Crippen LogP contribution in [0, 0.1) is 5.92 Å². The summed E-state index contributed by atoms with van der Waals surface area (Å²) in [6, 6.07) is -0.483. The molecule has 1 fully saturated rings. The molecule has 0 heterocycles. The van der Waals surface area contributed by atoms with Gasteiger partial charge in [0.15, 0.2) is 0 Å². The van der Waals surface area contributed by atoms with Crippen LogP contribution in [0.5, 0.6) is 0 Å². The van der Waals surface area contributed by atoms with Crippen molar-refractivity contribution in [1.29, 1.82) is 0 Å². The van der Waals surface area contributed by atoms with Gasteiger partial charge in [0.2, 0.25) is 0 Å². The summed E-state index contributed by atoms with van der Waals surface area (Å²) in [7, 11) is 0. The number of carbonyl (C=O) groups is 1. The Kier molecular flexibility index (Phi) is 6.93. The van der Waals surface area contributed by atoms with E-state index in [0.717, 1.165) is 0 Å². The van der Waals surface area contributed by atoms with Crippen LogP contribution in [0.3, 0.4) is 0 Å². The molecule has 0 aromatic heterocycles. The molecule has 2 N–H and O–H groups in total. The Morgan fingerprint density at radius 2 is 2.00 bits per heavy atom. The second-order valence-corrected chi connectivity index (χ2v) is 3.92. The van der Waals surface area contributed by atoms with Crippen molar-refractivity contribution in [3.8, 4) is 0 Å². The lowest BCUT2D eigenvalue weighted by Crippen LogP contribution is -2.30. The molecule has 3 nitrogen and oxygen atoms in total. The third-order valence-corrected chi connectivity index (χ3v) is 2.56. The molecule has 0 unspecified atom stereocenters. The van der Waals surface area contributed by atoms with Crippen molar-refractivity contribution in [3.63, 3.8) is 0 Å². The number of rotatable bonds is 3. The SMILES string of the molecule is C[C@H](N)C(=O)OCC1CCCCC1.Cl. The van der Waals surface area contributed by atoms with E-state index in [2.05, 4.69) is 0 Å².